The molecule has 51 heavy (non-hydrogen) atoms. The van der Waals surface area contributed by atoms with Crippen LogP contribution >= 0.6 is 0 Å². The zero-order valence-corrected chi connectivity index (χ0v) is 29.1. The van der Waals surface area contributed by atoms with E-state index in [9.17, 15) is 14.4 Å². The number of hydrogen-bond donors (Lipinski definition) is 3. The van der Waals surface area contributed by atoms with Gasteiger partial charge in [0, 0.05) is 49.9 Å². The molecule has 0 spiro atoms. The van der Waals surface area contributed by atoms with Crippen molar-refractivity contribution in [3.63, 3.8) is 0 Å². The van der Waals surface area contributed by atoms with Gasteiger partial charge in [-0.2, -0.15) is 0 Å². The normalized spacial score (nSPS) is 12.3. The van der Waals surface area contributed by atoms with Crippen molar-refractivity contribution >= 4 is 17.9 Å². The summed E-state index contributed by atoms with van der Waals surface area (Å²) >= 11 is 0. The van der Waals surface area contributed by atoms with Crippen molar-refractivity contribution in [3.8, 4) is 5.75 Å². The number of pyridine rings is 1. The second kappa shape index (κ2) is 17.6. The summed E-state index contributed by atoms with van der Waals surface area (Å²) in [6, 6.07) is 30.3. The molecule has 264 valence electrons. The largest absolute Gasteiger partial charge is 0.487 e. The molecule has 0 saturated heterocycles. The van der Waals surface area contributed by atoms with E-state index in [0.29, 0.717) is 24.6 Å². The number of carbonyl (C=O) groups is 3. The third kappa shape index (κ3) is 10.8. The lowest BCUT2D eigenvalue weighted by Crippen LogP contribution is -2.56. The predicted molar refractivity (Wildman–Crippen MR) is 194 cm³/mol. The second-order valence-electron chi connectivity index (χ2n) is 12.9. The molecule has 0 bridgehead atoms. The average molecular weight is 689 g/mol. The first-order valence-corrected chi connectivity index (χ1v) is 16.8. The highest BCUT2D eigenvalue weighted by Crippen LogP contribution is 2.22. The lowest BCUT2D eigenvalue weighted by molar-refractivity contribution is -0.140. The van der Waals surface area contributed by atoms with Gasteiger partial charge in [0.15, 0.2) is 0 Å². The first-order valence-electron chi connectivity index (χ1n) is 16.8. The van der Waals surface area contributed by atoms with E-state index in [4.69, 9.17) is 9.47 Å². The highest BCUT2D eigenvalue weighted by atomic mass is 16.5. The molecule has 5 aromatic rings. The molecule has 3 N–H and O–H groups in total. The summed E-state index contributed by atoms with van der Waals surface area (Å²) in [6.07, 6.45) is 4.38. The van der Waals surface area contributed by atoms with Gasteiger partial charge in [0.25, 0.3) is 0 Å². The molecule has 2 atom stereocenters. The zero-order valence-electron chi connectivity index (χ0n) is 29.1. The molecule has 5 rings (SSSR count). The second-order valence-corrected chi connectivity index (χ2v) is 12.9. The zero-order chi connectivity index (χ0) is 36.1. The Morgan fingerprint density at radius 1 is 0.843 bits per heavy atom. The maximum absolute atomic E-state index is 14.2. The molecule has 0 aliphatic rings. The molecule has 0 radical (unpaired) electrons. The quantitative estimate of drug-likeness (QED) is 0.127. The molecule has 0 fully saturated rings. The third-order valence-corrected chi connectivity index (χ3v) is 8.62. The number of aromatic amines is 1. The van der Waals surface area contributed by atoms with Crippen LogP contribution in [0.1, 0.15) is 41.9 Å². The van der Waals surface area contributed by atoms with Crippen molar-refractivity contribution in [1.82, 2.24) is 30.5 Å². The van der Waals surface area contributed by atoms with Crippen LogP contribution in [0.25, 0.3) is 0 Å². The number of nitrogens with one attached hydrogen (secondary N) is 3. The van der Waals surface area contributed by atoms with Gasteiger partial charge in [-0.25, -0.2) is 9.78 Å². The first kappa shape index (κ1) is 36.3. The minimum atomic E-state index is -1.04. The summed E-state index contributed by atoms with van der Waals surface area (Å²) in [5, 5.41) is 5.82. The number of H-pyrrole nitrogens is 1. The first-order chi connectivity index (χ1) is 24.7. The molecule has 2 heterocycles. The molecule has 3 aromatic carbocycles. The van der Waals surface area contributed by atoms with Crippen LogP contribution < -0.4 is 15.4 Å². The van der Waals surface area contributed by atoms with Crippen LogP contribution in [0.3, 0.4) is 0 Å². The Kier molecular flexibility index (Phi) is 12.5. The lowest BCUT2D eigenvalue weighted by atomic mass is 9.84. The molecule has 1 unspecified atom stereocenters. The molecule has 0 aliphatic carbocycles. The van der Waals surface area contributed by atoms with Crippen molar-refractivity contribution in [3.05, 3.63) is 150 Å². The van der Waals surface area contributed by atoms with Gasteiger partial charge >= 0.3 is 6.09 Å². The minimum absolute atomic E-state index is 0.0390. The monoisotopic (exact) mass is 688 g/mol. The van der Waals surface area contributed by atoms with Crippen molar-refractivity contribution < 1.29 is 23.9 Å². The van der Waals surface area contributed by atoms with Gasteiger partial charge in [0.05, 0.1) is 12.0 Å². The topological polar surface area (TPSA) is 139 Å². The van der Waals surface area contributed by atoms with Crippen LogP contribution in [0, 0.1) is 0 Å². The van der Waals surface area contributed by atoms with E-state index in [1.54, 1.807) is 19.4 Å². The number of alkyl carbamates (subject to hydrolysis) is 1. The average Bonchev–Trinajstić information content (AvgIpc) is 3.68. The number of nitrogens with zero attached hydrogens (tertiary/aromatic N) is 3. The number of aromatic nitrogens is 3. The Morgan fingerprint density at radius 3 is 2.22 bits per heavy atom. The van der Waals surface area contributed by atoms with Crippen molar-refractivity contribution in [2.45, 2.75) is 57.4 Å². The van der Waals surface area contributed by atoms with Crippen LogP contribution in [-0.2, 0) is 45.8 Å². The minimum Gasteiger partial charge on any atom is -0.487 e. The highest BCUT2D eigenvalue weighted by molar-refractivity contribution is 5.91. The molecule has 3 amide bonds. The van der Waals surface area contributed by atoms with Crippen LogP contribution in [0.15, 0.2) is 122 Å². The summed E-state index contributed by atoms with van der Waals surface area (Å²) in [7, 11) is 1.58. The smallest absolute Gasteiger partial charge is 0.408 e. The molecular formula is C40H44N6O5. The van der Waals surface area contributed by atoms with Gasteiger partial charge in [-0.05, 0) is 41.0 Å². The van der Waals surface area contributed by atoms with Gasteiger partial charge in [0.2, 0.25) is 11.8 Å². The molecule has 11 nitrogen and oxygen atoms in total. The van der Waals surface area contributed by atoms with Crippen LogP contribution in [0.4, 0.5) is 4.79 Å². The van der Waals surface area contributed by atoms with Crippen molar-refractivity contribution in [1.29, 1.82) is 0 Å². The van der Waals surface area contributed by atoms with Gasteiger partial charge in [-0.3, -0.25) is 14.6 Å². The molecule has 2 aromatic heterocycles. The third-order valence-electron chi connectivity index (χ3n) is 8.62. The van der Waals surface area contributed by atoms with Crippen molar-refractivity contribution in [2.75, 3.05) is 13.6 Å². The van der Waals surface area contributed by atoms with Crippen LogP contribution in [0.5, 0.6) is 5.75 Å². The molecule has 0 aliphatic heterocycles. The number of ether oxygens (including phenoxy) is 2. The van der Waals surface area contributed by atoms with E-state index < -0.39 is 24.1 Å². The number of carbonyl (C=O) groups excluding carboxylic acids is 3. The fourth-order valence-corrected chi connectivity index (χ4v) is 5.53. The maximum Gasteiger partial charge on any atom is 0.408 e. The Balaban J connectivity index is 1.33. The number of hydrogen-bond acceptors (Lipinski definition) is 7. The summed E-state index contributed by atoms with van der Waals surface area (Å²) in [5.41, 5.74) is 3.78. The molecule has 0 saturated carbocycles. The highest BCUT2D eigenvalue weighted by Gasteiger charge is 2.34. The number of amides is 3. The SMILES string of the molecule is CN(C(=O)[C@H](Cc1cnc[nH]1)NC(=O)OCc1ccccc1)C(Cc1ccc(OCc2ccccn2)cc1)C(=O)NCC(C)(C)c1ccccc1. The number of benzene rings is 3. The van der Waals surface area contributed by atoms with Gasteiger partial charge in [0.1, 0.15) is 31.0 Å². The van der Waals surface area contributed by atoms with E-state index in [0.717, 1.165) is 22.4 Å². The van der Waals surface area contributed by atoms with E-state index in [2.05, 4.69) is 39.4 Å². The van der Waals surface area contributed by atoms with Crippen LogP contribution in [-0.4, -0.2) is 63.4 Å². The van der Waals surface area contributed by atoms with E-state index in [1.165, 1.54) is 11.2 Å². The predicted octanol–water partition coefficient (Wildman–Crippen LogP) is 5.38. The molecular weight excluding hydrogens is 644 g/mol. The van der Waals surface area contributed by atoms with Crippen molar-refractivity contribution in [2.24, 2.45) is 0 Å². The number of imidazole rings is 1. The Morgan fingerprint density at radius 2 is 1.55 bits per heavy atom. The summed E-state index contributed by atoms with van der Waals surface area (Å²) in [5.74, 6) is -0.131. The van der Waals surface area contributed by atoms with E-state index in [1.807, 2.05) is 103 Å². The van der Waals surface area contributed by atoms with E-state index >= 15 is 0 Å². The lowest BCUT2D eigenvalue weighted by Gasteiger charge is -2.32. The van der Waals surface area contributed by atoms with Crippen LogP contribution in [0.2, 0.25) is 0 Å². The Bertz CT molecular complexity index is 1820. The summed E-state index contributed by atoms with van der Waals surface area (Å²) in [4.78, 5) is 54.0. The Hall–Kier alpha value is -5.97. The Labute approximate surface area is 298 Å². The van der Waals surface area contributed by atoms with E-state index in [-0.39, 0.29) is 30.8 Å². The summed E-state index contributed by atoms with van der Waals surface area (Å²) in [6.45, 7) is 4.81. The summed E-state index contributed by atoms with van der Waals surface area (Å²) < 4.78 is 11.4. The number of rotatable bonds is 16. The molecule has 11 heteroatoms. The fraction of sp³-hybridized carbons (Fsp3) is 0.275. The fourth-order valence-electron chi connectivity index (χ4n) is 5.53. The van der Waals surface area contributed by atoms with Gasteiger partial charge in [-0.1, -0.05) is 92.7 Å². The van der Waals surface area contributed by atoms with Gasteiger partial charge in [-0.15, -0.1) is 0 Å². The standard InChI is InChI=1S/C40H44N6O5/c1-40(2,31-14-8-5-9-15-31)27-43-37(47)36(22-29-17-19-34(20-18-29)50-26-32-16-10-11-21-42-32)46(3)38(48)35(23-33-24-41-28-44-33)45-39(49)51-25-30-12-6-4-7-13-30/h4-21,24,28,35-36H,22-23,25-27H2,1-3H3,(H,41,44)(H,43,47)(H,45,49)/t35-,36?/m0/s1. The maximum atomic E-state index is 14.2. The van der Waals surface area contributed by atoms with Gasteiger partial charge < -0.3 is 30.0 Å². The number of likely N-dealkylation sites (N-methyl/N-ethyl adjacent to an activating group) is 1.